The van der Waals surface area contributed by atoms with E-state index in [-0.39, 0.29) is 11.5 Å². The van der Waals surface area contributed by atoms with Crippen molar-refractivity contribution in [2.75, 3.05) is 19.8 Å². The maximum atomic E-state index is 10.1. The summed E-state index contributed by atoms with van der Waals surface area (Å²) in [6.45, 7) is 9.41. The van der Waals surface area contributed by atoms with Crippen LogP contribution < -0.4 is 0 Å². The first-order valence-electron chi connectivity index (χ1n) is 9.48. The van der Waals surface area contributed by atoms with Gasteiger partial charge >= 0.3 is 11.9 Å². The van der Waals surface area contributed by atoms with E-state index in [1.165, 1.54) is 39.5 Å². The van der Waals surface area contributed by atoms with E-state index < -0.39 is 5.97 Å². The van der Waals surface area contributed by atoms with Gasteiger partial charge < -0.3 is 14.6 Å². The van der Waals surface area contributed by atoms with Gasteiger partial charge in [0.15, 0.2) is 0 Å². The van der Waals surface area contributed by atoms with Crippen molar-refractivity contribution in [1.82, 2.24) is 0 Å². The molecule has 0 aliphatic heterocycles. The molecule has 0 amide bonds. The molecule has 5 heteroatoms. The molecular weight excluding hydrogens is 320 g/mol. The molecule has 1 N–H and O–H groups in total. The summed E-state index contributed by atoms with van der Waals surface area (Å²) in [4.78, 5) is 19.7. The Balaban J connectivity index is 0.000000359. The van der Waals surface area contributed by atoms with Crippen LogP contribution in [0.15, 0.2) is 12.2 Å². The number of hydrogen-bond donors (Lipinski definition) is 1. The molecule has 2 aliphatic rings. The van der Waals surface area contributed by atoms with Crippen LogP contribution in [0.25, 0.3) is 0 Å². The van der Waals surface area contributed by atoms with Crippen molar-refractivity contribution in [3.63, 3.8) is 0 Å². The number of esters is 1. The predicted octanol–water partition coefficient (Wildman–Crippen LogP) is 4.60. The van der Waals surface area contributed by atoms with Gasteiger partial charge in [0.25, 0.3) is 0 Å². The van der Waals surface area contributed by atoms with Crippen LogP contribution in [0, 0.1) is 11.8 Å². The lowest BCUT2D eigenvalue weighted by Crippen LogP contribution is -2.06. The molecule has 0 bridgehead atoms. The van der Waals surface area contributed by atoms with E-state index in [9.17, 15) is 9.59 Å². The second-order valence-corrected chi connectivity index (χ2v) is 6.71. The molecule has 0 radical (unpaired) electrons. The van der Waals surface area contributed by atoms with Gasteiger partial charge in [-0.3, -0.25) is 4.79 Å². The molecule has 2 rings (SSSR count). The lowest BCUT2D eigenvalue weighted by atomic mass is 9.90. The van der Waals surface area contributed by atoms with Gasteiger partial charge in [-0.1, -0.05) is 57.9 Å². The van der Waals surface area contributed by atoms with E-state index in [4.69, 9.17) is 9.84 Å². The van der Waals surface area contributed by atoms with Crippen LogP contribution in [0.4, 0.5) is 0 Å². The highest BCUT2D eigenvalue weighted by Crippen LogP contribution is 2.39. The summed E-state index contributed by atoms with van der Waals surface area (Å²) in [7, 11) is 0. The van der Waals surface area contributed by atoms with Crippen molar-refractivity contribution in [2.24, 2.45) is 11.8 Å². The van der Waals surface area contributed by atoms with E-state index in [0.29, 0.717) is 19.8 Å². The van der Waals surface area contributed by atoms with Crippen molar-refractivity contribution in [3.8, 4) is 0 Å². The molecule has 0 aromatic heterocycles. The van der Waals surface area contributed by atoms with Gasteiger partial charge in [0.05, 0.1) is 6.61 Å². The van der Waals surface area contributed by atoms with Crippen LogP contribution in [-0.2, 0) is 19.1 Å². The van der Waals surface area contributed by atoms with Gasteiger partial charge in [0.1, 0.15) is 6.61 Å². The Morgan fingerprint density at radius 3 is 1.64 bits per heavy atom. The lowest BCUT2D eigenvalue weighted by molar-refractivity contribution is -0.142. The van der Waals surface area contributed by atoms with Crippen molar-refractivity contribution < 1.29 is 24.2 Å². The average Bonchev–Trinajstić information content (AvgIpc) is 3.24. The predicted molar refractivity (Wildman–Crippen MR) is 99.5 cm³/mol. The third-order valence-electron chi connectivity index (χ3n) is 4.57. The minimum absolute atomic E-state index is 0.176. The molecule has 146 valence electrons. The Morgan fingerprint density at radius 2 is 1.36 bits per heavy atom. The first-order valence-corrected chi connectivity index (χ1v) is 9.48. The molecule has 0 unspecified atom stereocenters. The number of rotatable bonds is 6. The van der Waals surface area contributed by atoms with Crippen molar-refractivity contribution in [1.29, 1.82) is 0 Å². The van der Waals surface area contributed by atoms with Gasteiger partial charge in [-0.05, 0) is 25.7 Å². The minimum atomic E-state index is -0.935. The second kappa shape index (κ2) is 14.9. The van der Waals surface area contributed by atoms with E-state index in [0.717, 1.165) is 11.8 Å². The van der Waals surface area contributed by atoms with E-state index >= 15 is 0 Å². The van der Waals surface area contributed by atoms with E-state index in [2.05, 4.69) is 11.3 Å². The lowest BCUT2D eigenvalue weighted by Gasteiger charge is -2.16. The highest BCUT2D eigenvalue weighted by molar-refractivity contribution is 5.84. The first-order chi connectivity index (χ1) is 11.9. The Kier molecular flexibility index (Phi) is 14.1. The van der Waals surface area contributed by atoms with E-state index in [1.54, 1.807) is 25.7 Å². The van der Waals surface area contributed by atoms with Gasteiger partial charge in [0.2, 0.25) is 0 Å². The largest absolute Gasteiger partial charge is 0.478 e. The third kappa shape index (κ3) is 13.6. The second-order valence-electron chi connectivity index (χ2n) is 6.71. The number of carboxylic acid groups (broad SMARTS) is 1. The first kappa shape index (κ1) is 23.6. The third-order valence-corrected chi connectivity index (χ3v) is 4.57. The minimum Gasteiger partial charge on any atom is -0.478 e. The summed E-state index contributed by atoms with van der Waals surface area (Å²) in [5.74, 6) is 1.12. The molecule has 25 heavy (non-hydrogen) atoms. The van der Waals surface area contributed by atoms with Gasteiger partial charge in [-0.25, -0.2) is 4.79 Å². The Morgan fingerprint density at radius 1 is 0.960 bits per heavy atom. The van der Waals surface area contributed by atoms with Crippen LogP contribution in [-0.4, -0.2) is 36.9 Å². The molecule has 0 spiro atoms. The molecule has 0 atom stereocenters. The van der Waals surface area contributed by atoms with Crippen LogP contribution in [0.2, 0.25) is 0 Å². The monoisotopic (exact) mass is 356 g/mol. The fourth-order valence-corrected chi connectivity index (χ4v) is 3.25. The molecule has 2 aliphatic carbocycles. The summed E-state index contributed by atoms with van der Waals surface area (Å²) in [6, 6.07) is 0. The molecule has 0 aromatic rings. The summed E-state index contributed by atoms with van der Waals surface area (Å²) in [6.07, 6.45) is 12.4. The zero-order valence-electron chi connectivity index (χ0n) is 16.2. The van der Waals surface area contributed by atoms with E-state index in [1.807, 2.05) is 6.92 Å². The fourth-order valence-electron chi connectivity index (χ4n) is 3.25. The Labute approximate surface area is 152 Å². The molecule has 2 fully saturated rings. The molecule has 0 saturated heterocycles. The Bertz CT molecular complexity index is 354. The summed E-state index contributed by atoms with van der Waals surface area (Å²) >= 11 is 0. The van der Waals surface area contributed by atoms with Crippen LogP contribution in [0.3, 0.4) is 0 Å². The quantitative estimate of drug-likeness (QED) is 0.428. The average molecular weight is 357 g/mol. The van der Waals surface area contributed by atoms with Crippen LogP contribution >= 0.6 is 0 Å². The summed E-state index contributed by atoms with van der Waals surface area (Å²) in [5, 5.41) is 7.89. The van der Waals surface area contributed by atoms with Gasteiger partial charge in [-0.15, -0.1) is 0 Å². The highest BCUT2D eigenvalue weighted by Gasteiger charge is 2.26. The maximum Gasteiger partial charge on any atom is 0.330 e. The van der Waals surface area contributed by atoms with Gasteiger partial charge in [-0.2, -0.15) is 0 Å². The Hall–Kier alpha value is -1.36. The SMILES string of the molecule is C1CCC(C2CCCC2)C1.C=C(C)C(=O)O.CCOCCOC(C)=O. The number of aliphatic carboxylic acids is 1. The number of carbonyl (C=O) groups excluding carboxylic acids is 1. The normalized spacial score (nSPS) is 17.1. The van der Waals surface area contributed by atoms with Crippen LogP contribution in [0.1, 0.15) is 72.1 Å². The zero-order valence-corrected chi connectivity index (χ0v) is 16.2. The summed E-state index contributed by atoms with van der Waals surface area (Å²) < 4.78 is 9.49. The van der Waals surface area contributed by atoms with Crippen LogP contribution in [0.5, 0.6) is 0 Å². The molecule has 0 aromatic carbocycles. The topological polar surface area (TPSA) is 72.8 Å². The highest BCUT2D eigenvalue weighted by atomic mass is 16.6. The number of ether oxygens (including phenoxy) is 2. The van der Waals surface area contributed by atoms with Crippen molar-refractivity contribution in [2.45, 2.75) is 72.1 Å². The molecule has 5 nitrogen and oxygen atoms in total. The number of carboxylic acids is 1. The number of carbonyl (C=O) groups is 2. The summed E-state index contributed by atoms with van der Waals surface area (Å²) in [5.41, 5.74) is 0.176. The van der Waals surface area contributed by atoms with Gasteiger partial charge in [0, 0.05) is 19.1 Å². The zero-order chi connectivity index (χ0) is 19.1. The maximum absolute atomic E-state index is 10.1. The van der Waals surface area contributed by atoms with Crippen molar-refractivity contribution >= 4 is 11.9 Å². The smallest absolute Gasteiger partial charge is 0.330 e. The fraction of sp³-hybridized carbons (Fsp3) is 0.800. The molecular formula is C20H36O5. The number of hydrogen-bond acceptors (Lipinski definition) is 4. The molecule has 0 heterocycles. The van der Waals surface area contributed by atoms with Crippen molar-refractivity contribution in [3.05, 3.63) is 12.2 Å². The standard InChI is InChI=1S/C10H18.C6H12O3.C4H6O2/c1-2-6-9(5-1)10-7-3-4-8-10;1-3-8-4-5-9-6(2)7;1-3(2)4(5)6/h9-10H,1-8H2;3-5H2,1-2H3;1H2,2H3,(H,5,6). The molecule has 2 saturated carbocycles.